The van der Waals surface area contributed by atoms with Gasteiger partial charge in [0.15, 0.2) is 0 Å². The average Bonchev–Trinajstić information content (AvgIpc) is 3.13. The normalized spacial score (nSPS) is 22.6. The Hall–Kier alpha value is -2.00. The zero-order valence-electron chi connectivity index (χ0n) is 12.1. The average molecular weight is 275 g/mol. The molecule has 0 bridgehead atoms. The Balaban J connectivity index is 1.92. The molecule has 0 spiro atoms. The number of hydrogen-bond acceptors (Lipinski definition) is 2. The van der Waals surface area contributed by atoms with Crippen LogP contribution in [-0.2, 0) is 10.3 Å². The van der Waals surface area contributed by atoms with E-state index in [9.17, 15) is 0 Å². The molecular weight excluding hydrogens is 257 g/mol. The van der Waals surface area contributed by atoms with Gasteiger partial charge < -0.3 is 9.47 Å². The quantitative estimate of drug-likeness (QED) is 0.775. The lowest BCUT2D eigenvalue weighted by Gasteiger charge is -2.36. The molecule has 21 heavy (non-hydrogen) atoms. The van der Waals surface area contributed by atoms with Crippen molar-refractivity contribution in [3.05, 3.63) is 84.1 Å². The lowest BCUT2D eigenvalue weighted by Crippen LogP contribution is -2.40. The van der Waals surface area contributed by atoms with Crippen molar-refractivity contribution in [3.8, 4) is 0 Å². The Morgan fingerprint density at radius 2 is 1.57 bits per heavy atom. The highest BCUT2D eigenvalue weighted by molar-refractivity contribution is 6.48. The molecule has 3 heteroatoms. The van der Waals surface area contributed by atoms with E-state index in [0.29, 0.717) is 6.04 Å². The standard InChI is InChI=1S/C18H18BNO/c1-19-20-14-8-13-17(20)18(21-19,15-9-4-2-5-10-15)16-11-6-3-7-12-16/h2-12,14,17H,13H2,1H3. The molecule has 2 aliphatic heterocycles. The van der Waals surface area contributed by atoms with Gasteiger partial charge in [-0.1, -0.05) is 66.7 Å². The van der Waals surface area contributed by atoms with Crippen LogP contribution in [0.25, 0.3) is 0 Å². The van der Waals surface area contributed by atoms with E-state index in [1.54, 1.807) is 0 Å². The van der Waals surface area contributed by atoms with Gasteiger partial charge in [-0.25, -0.2) is 0 Å². The van der Waals surface area contributed by atoms with Crippen LogP contribution in [0.4, 0.5) is 0 Å². The molecule has 0 radical (unpaired) electrons. The van der Waals surface area contributed by atoms with E-state index in [-0.39, 0.29) is 12.7 Å². The van der Waals surface area contributed by atoms with Crippen LogP contribution in [-0.4, -0.2) is 17.9 Å². The Morgan fingerprint density at radius 3 is 2.14 bits per heavy atom. The molecule has 104 valence electrons. The van der Waals surface area contributed by atoms with Crippen molar-refractivity contribution in [1.29, 1.82) is 0 Å². The fourth-order valence-corrected chi connectivity index (χ4v) is 3.76. The van der Waals surface area contributed by atoms with Crippen LogP contribution in [0.2, 0.25) is 6.82 Å². The highest BCUT2D eigenvalue weighted by Crippen LogP contribution is 2.48. The number of fused-ring (bicyclic) bond motifs is 1. The molecule has 2 aliphatic rings. The summed E-state index contributed by atoms with van der Waals surface area (Å²) in [5.74, 6) is 0. The zero-order valence-corrected chi connectivity index (χ0v) is 12.1. The third kappa shape index (κ3) is 1.77. The van der Waals surface area contributed by atoms with Gasteiger partial charge in [0.25, 0.3) is 0 Å². The summed E-state index contributed by atoms with van der Waals surface area (Å²) in [4.78, 5) is 2.35. The molecule has 0 aromatic heterocycles. The highest BCUT2D eigenvalue weighted by Gasteiger charge is 2.55. The fraction of sp³-hybridized carbons (Fsp3) is 0.222. The van der Waals surface area contributed by atoms with E-state index < -0.39 is 0 Å². The molecule has 1 saturated heterocycles. The largest absolute Gasteiger partial charge is 0.413 e. The first kappa shape index (κ1) is 12.7. The van der Waals surface area contributed by atoms with Gasteiger partial charge in [0.1, 0.15) is 5.60 Å². The third-order valence-electron chi connectivity index (χ3n) is 4.65. The van der Waals surface area contributed by atoms with Crippen LogP contribution < -0.4 is 0 Å². The van der Waals surface area contributed by atoms with E-state index in [0.717, 1.165) is 6.42 Å². The highest BCUT2D eigenvalue weighted by atomic mass is 16.5. The van der Waals surface area contributed by atoms with Gasteiger partial charge in [0.2, 0.25) is 0 Å². The fourth-order valence-electron chi connectivity index (χ4n) is 3.76. The first-order chi connectivity index (χ1) is 10.3. The minimum absolute atomic E-state index is 0.0918. The van der Waals surface area contributed by atoms with Crippen molar-refractivity contribution in [3.63, 3.8) is 0 Å². The summed E-state index contributed by atoms with van der Waals surface area (Å²) in [7, 11) is 0.0918. The molecule has 4 rings (SSSR count). The molecule has 0 N–H and O–H groups in total. The predicted molar refractivity (Wildman–Crippen MR) is 85.8 cm³/mol. The van der Waals surface area contributed by atoms with Crippen molar-refractivity contribution in [2.75, 3.05) is 0 Å². The smallest absolute Gasteiger partial charge is 0.401 e. The summed E-state index contributed by atoms with van der Waals surface area (Å²) >= 11 is 0. The van der Waals surface area contributed by atoms with E-state index in [2.05, 4.69) is 84.6 Å². The predicted octanol–water partition coefficient (Wildman–Crippen LogP) is 3.67. The maximum atomic E-state index is 6.56. The van der Waals surface area contributed by atoms with E-state index >= 15 is 0 Å². The molecule has 2 aromatic rings. The molecule has 0 saturated carbocycles. The molecule has 0 amide bonds. The van der Waals surface area contributed by atoms with Crippen LogP contribution in [0.3, 0.4) is 0 Å². The summed E-state index contributed by atoms with van der Waals surface area (Å²) in [5.41, 5.74) is 2.09. The molecule has 0 aliphatic carbocycles. The van der Waals surface area contributed by atoms with Gasteiger partial charge in [-0.3, -0.25) is 0 Å². The van der Waals surface area contributed by atoms with Crippen LogP contribution in [0.1, 0.15) is 17.5 Å². The zero-order chi connectivity index (χ0) is 14.3. The summed E-state index contributed by atoms with van der Waals surface area (Å²) in [6.45, 7) is 2.14. The van der Waals surface area contributed by atoms with Crippen molar-refractivity contribution in [2.24, 2.45) is 0 Å². The van der Waals surface area contributed by atoms with E-state index in [1.807, 2.05) is 0 Å². The number of benzene rings is 2. The Bertz CT molecular complexity index is 616. The van der Waals surface area contributed by atoms with Gasteiger partial charge in [-0.2, -0.15) is 0 Å². The minimum Gasteiger partial charge on any atom is -0.401 e. The Kier molecular flexibility index (Phi) is 2.90. The molecule has 2 nitrogen and oxygen atoms in total. The minimum atomic E-state index is -0.383. The molecule has 1 unspecified atom stereocenters. The van der Waals surface area contributed by atoms with Gasteiger partial charge in [0, 0.05) is 0 Å². The van der Waals surface area contributed by atoms with Crippen LogP contribution in [0.15, 0.2) is 72.9 Å². The van der Waals surface area contributed by atoms with Crippen molar-refractivity contribution in [2.45, 2.75) is 24.9 Å². The van der Waals surface area contributed by atoms with Gasteiger partial charge >= 0.3 is 7.05 Å². The number of hydrogen-bond donors (Lipinski definition) is 0. The van der Waals surface area contributed by atoms with Crippen LogP contribution in [0, 0.1) is 0 Å². The Morgan fingerprint density at radius 1 is 1.00 bits per heavy atom. The van der Waals surface area contributed by atoms with Crippen molar-refractivity contribution < 1.29 is 4.65 Å². The van der Waals surface area contributed by atoms with Gasteiger partial charge in [-0.05, 0) is 30.6 Å². The van der Waals surface area contributed by atoms with Crippen LogP contribution in [0.5, 0.6) is 0 Å². The summed E-state index contributed by atoms with van der Waals surface area (Å²) in [5, 5.41) is 0. The second kappa shape index (κ2) is 4.78. The number of nitrogens with zero attached hydrogens (tertiary/aromatic N) is 1. The van der Waals surface area contributed by atoms with Gasteiger partial charge in [-0.15, -0.1) is 0 Å². The summed E-state index contributed by atoms with van der Waals surface area (Å²) < 4.78 is 6.56. The SMILES string of the molecule is CB1OC(c2ccccc2)(c2ccccc2)C2CC=CN12. The molecule has 2 heterocycles. The van der Waals surface area contributed by atoms with Crippen LogP contribution >= 0.6 is 0 Å². The third-order valence-corrected chi connectivity index (χ3v) is 4.65. The summed E-state index contributed by atoms with van der Waals surface area (Å²) in [6.07, 6.45) is 5.46. The maximum absolute atomic E-state index is 6.56. The molecule has 1 fully saturated rings. The lowest BCUT2D eigenvalue weighted by atomic mass is 9.79. The number of rotatable bonds is 2. The second-order valence-electron chi connectivity index (χ2n) is 5.77. The monoisotopic (exact) mass is 275 g/mol. The van der Waals surface area contributed by atoms with E-state index in [4.69, 9.17) is 4.65 Å². The molecule has 1 atom stereocenters. The molecular formula is C18H18BNO. The van der Waals surface area contributed by atoms with Crippen molar-refractivity contribution in [1.82, 2.24) is 4.81 Å². The lowest BCUT2D eigenvalue weighted by molar-refractivity contribution is 0.108. The second-order valence-corrected chi connectivity index (χ2v) is 5.77. The topological polar surface area (TPSA) is 12.5 Å². The van der Waals surface area contributed by atoms with E-state index in [1.165, 1.54) is 11.1 Å². The first-order valence-electron chi connectivity index (χ1n) is 7.55. The Labute approximate surface area is 126 Å². The molecule has 2 aromatic carbocycles. The first-order valence-corrected chi connectivity index (χ1v) is 7.55. The van der Waals surface area contributed by atoms with Gasteiger partial charge in [0.05, 0.1) is 6.04 Å². The maximum Gasteiger partial charge on any atom is 0.413 e. The van der Waals surface area contributed by atoms with Crippen molar-refractivity contribution >= 4 is 7.05 Å². The summed E-state index contributed by atoms with van der Waals surface area (Å²) in [6, 6.07) is 21.6.